The number of hydrogen-bond acceptors (Lipinski definition) is 3. The number of benzene rings is 1. The monoisotopic (exact) mass is 673 g/mol. The number of halogens is 3. The number of pyridine rings is 1. The molecule has 38 heavy (non-hydrogen) atoms. The molecule has 1 aromatic heterocycles. The second-order valence-corrected chi connectivity index (χ2v) is 25.5. The van der Waals surface area contributed by atoms with Crippen LogP contribution in [0.15, 0.2) is 12.1 Å². The summed E-state index contributed by atoms with van der Waals surface area (Å²) >= 11 is 2.32. The van der Waals surface area contributed by atoms with E-state index in [0.29, 0.717) is 5.56 Å². The topological polar surface area (TPSA) is 42.4 Å². The van der Waals surface area contributed by atoms with Crippen molar-refractivity contribution in [3.05, 3.63) is 55.4 Å². The number of aromatic nitrogens is 1. The third-order valence-electron chi connectivity index (χ3n) is 8.21. The molecule has 0 saturated heterocycles. The van der Waals surface area contributed by atoms with Crippen molar-refractivity contribution in [3.8, 4) is 0 Å². The Hall–Kier alpha value is -0.686. The first-order chi connectivity index (χ1) is 17.1. The Bertz CT molecular complexity index is 1190. The van der Waals surface area contributed by atoms with Gasteiger partial charge in [0.05, 0.1) is 19.9 Å². The van der Waals surface area contributed by atoms with Gasteiger partial charge in [0.1, 0.15) is 17.7 Å². The molecule has 2 aromatic rings. The molecule has 1 unspecified atom stereocenters. The van der Waals surface area contributed by atoms with Crippen molar-refractivity contribution >= 4 is 44.2 Å². The van der Waals surface area contributed by atoms with E-state index >= 15 is 8.78 Å². The fourth-order valence-electron chi connectivity index (χ4n) is 5.21. The number of aliphatic hydroxyl groups is 1. The van der Waals surface area contributed by atoms with E-state index in [1.165, 1.54) is 12.1 Å². The van der Waals surface area contributed by atoms with Gasteiger partial charge in [0.25, 0.3) is 0 Å². The summed E-state index contributed by atoms with van der Waals surface area (Å²) in [6, 6.07) is 2.63. The summed E-state index contributed by atoms with van der Waals surface area (Å²) in [5, 5.41) is 11.9. The highest BCUT2D eigenvalue weighted by molar-refractivity contribution is 14.1. The summed E-state index contributed by atoms with van der Waals surface area (Å²) in [4.78, 5) is 5.15. The summed E-state index contributed by atoms with van der Waals surface area (Å²) in [5.74, 6) is -1.13. The van der Waals surface area contributed by atoms with Crippen molar-refractivity contribution in [3.63, 3.8) is 0 Å². The second kappa shape index (κ2) is 10.6. The van der Waals surface area contributed by atoms with E-state index in [9.17, 15) is 5.11 Å². The number of fused-ring (bicyclic) bond motifs is 1. The molecule has 8 heteroatoms. The molecule has 3 rings (SSSR count). The number of nitrogens with zero attached hydrogens (tertiary/aromatic N) is 1. The molecule has 1 aliphatic rings. The van der Waals surface area contributed by atoms with Crippen LogP contribution in [-0.4, -0.2) is 26.5 Å². The summed E-state index contributed by atoms with van der Waals surface area (Å²) in [7, 11) is -4.36. The molecule has 0 saturated carbocycles. The van der Waals surface area contributed by atoms with Gasteiger partial charge in [0.2, 0.25) is 0 Å². The molecule has 1 aliphatic carbocycles. The molecule has 2 atom stereocenters. The predicted octanol–water partition coefficient (Wildman–Crippen LogP) is 8.75. The maximum Gasteiger partial charge on any atom is 0.192 e. The van der Waals surface area contributed by atoms with Gasteiger partial charge in [0.15, 0.2) is 8.32 Å². The molecule has 1 N–H and O–H groups in total. The Morgan fingerprint density at radius 2 is 1.61 bits per heavy atom. The van der Waals surface area contributed by atoms with Gasteiger partial charge < -0.3 is 9.53 Å². The van der Waals surface area contributed by atoms with Crippen LogP contribution in [0.1, 0.15) is 101 Å². The first-order valence-electron chi connectivity index (χ1n) is 13.6. The third-order valence-corrected chi connectivity index (χ3v) is 15.8. The smallest absolute Gasteiger partial charge is 0.192 e. The Labute approximate surface area is 244 Å². The minimum Gasteiger partial charge on any atom is -0.410 e. The fourth-order valence-corrected chi connectivity index (χ4v) is 9.28. The van der Waals surface area contributed by atoms with Gasteiger partial charge in [-0.25, -0.2) is 8.78 Å². The highest BCUT2D eigenvalue weighted by Gasteiger charge is 2.44. The minimum atomic E-state index is -2.24. The predicted molar refractivity (Wildman–Crippen MR) is 168 cm³/mol. The quantitative estimate of drug-likeness (QED) is 0.246. The zero-order valence-electron chi connectivity index (χ0n) is 25.2. The molecule has 1 heterocycles. The first-order valence-corrected chi connectivity index (χ1v) is 21.1. The van der Waals surface area contributed by atoms with E-state index < -0.39 is 34.1 Å². The summed E-state index contributed by atoms with van der Waals surface area (Å²) in [6.07, 6.45) is 0.332. The van der Waals surface area contributed by atoms with Crippen LogP contribution in [-0.2, 0) is 10.8 Å². The van der Waals surface area contributed by atoms with Crippen LogP contribution in [0.5, 0.6) is 0 Å². The Morgan fingerprint density at radius 1 is 1.08 bits per heavy atom. The molecule has 0 aliphatic heterocycles. The fraction of sp³-hybridized carbons (Fsp3) is 0.633. The Morgan fingerprint density at radius 3 is 2.05 bits per heavy atom. The average molecular weight is 674 g/mol. The Balaban J connectivity index is 2.25. The summed E-state index contributed by atoms with van der Waals surface area (Å²) in [5.41, 5.74) is 3.71. The van der Waals surface area contributed by atoms with Crippen LogP contribution in [0.25, 0.3) is 0 Å². The SMILES string of the molecule is CC(C)c1nc2c(c(I)c1[C@@H](O)c1cc(F)c([Si](C)(C)C)c(F)c1)C(O[Si](C)(C)C(C)(C)C)CC(C)(C)C2. The van der Waals surface area contributed by atoms with Crippen LogP contribution in [0.3, 0.4) is 0 Å². The van der Waals surface area contributed by atoms with Gasteiger partial charge >= 0.3 is 0 Å². The number of hydrogen-bond donors (Lipinski definition) is 1. The largest absolute Gasteiger partial charge is 0.410 e. The summed E-state index contributed by atoms with van der Waals surface area (Å²) in [6.45, 7) is 25.6. The van der Waals surface area contributed by atoms with E-state index in [0.717, 1.165) is 33.4 Å². The maximum absolute atomic E-state index is 15.2. The van der Waals surface area contributed by atoms with Gasteiger partial charge in [0, 0.05) is 25.6 Å². The van der Waals surface area contributed by atoms with Gasteiger partial charge in [-0.1, -0.05) is 68.1 Å². The molecule has 3 nitrogen and oxygen atoms in total. The molecule has 0 fully saturated rings. The van der Waals surface area contributed by atoms with E-state index in [1.807, 2.05) is 33.5 Å². The molecule has 0 radical (unpaired) electrons. The molecular formula is C30H46F2INO2Si2. The molecule has 0 bridgehead atoms. The third kappa shape index (κ3) is 6.29. The van der Waals surface area contributed by atoms with Crippen LogP contribution in [0, 0.1) is 20.6 Å². The van der Waals surface area contributed by atoms with Crippen molar-refractivity contribution in [1.29, 1.82) is 0 Å². The minimum absolute atomic E-state index is 0.0173. The number of aliphatic hydroxyl groups excluding tert-OH is 1. The standard InChI is InChI=1S/C30H46F2INO2Si2/c1-17(2)26-24(27(35)18-13-19(31)28(20(32)14-18)37(8,9)10)25(33)23-21(34-26)15-30(6,7)16-22(23)36-38(11,12)29(3,4)5/h13-14,17,22,27,35H,15-16H2,1-12H3/t22?,27-/m0/s1. The van der Waals surface area contributed by atoms with Gasteiger partial charge in [-0.05, 0) is 82.6 Å². The van der Waals surface area contributed by atoms with Crippen LogP contribution < -0.4 is 5.19 Å². The van der Waals surface area contributed by atoms with E-state index in [1.54, 1.807) is 0 Å². The second-order valence-electron chi connectivity index (χ2n) is 14.7. The molecule has 1 aromatic carbocycles. The van der Waals surface area contributed by atoms with Crippen molar-refractivity contribution in [1.82, 2.24) is 4.98 Å². The average Bonchev–Trinajstić information content (AvgIpc) is 2.68. The highest BCUT2D eigenvalue weighted by Crippen LogP contribution is 2.50. The normalized spacial score (nSPS) is 19.0. The van der Waals surface area contributed by atoms with Crippen LogP contribution in [0.2, 0.25) is 37.8 Å². The Kier molecular flexibility index (Phi) is 8.89. The molecule has 0 spiro atoms. The lowest BCUT2D eigenvalue weighted by molar-refractivity contribution is 0.104. The van der Waals surface area contributed by atoms with Gasteiger partial charge in [-0.15, -0.1) is 0 Å². The van der Waals surface area contributed by atoms with Crippen LogP contribution in [0.4, 0.5) is 8.78 Å². The summed E-state index contributed by atoms with van der Waals surface area (Å²) < 4.78 is 38.3. The van der Waals surface area contributed by atoms with E-state index in [4.69, 9.17) is 9.41 Å². The van der Waals surface area contributed by atoms with E-state index in [2.05, 4.69) is 70.3 Å². The zero-order valence-corrected chi connectivity index (χ0v) is 29.4. The molecule has 212 valence electrons. The van der Waals surface area contributed by atoms with Crippen molar-refractivity contribution < 1.29 is 18.3 Å². The van der Waals surface area contributed by atoms with Gasteiger partial charge in [-0.2, -0.15) is 0 Å². The van der Waals surface area contributed by atoms with Crippen molar-refractivity contribution in [2.45, 2.75) is 117 Å². The highest BCUT2D eigenvalue weighted by atomic mass is 127. The number of rotatable bonds is 6. The zero-order chi connectivity index (χ0) is 29.2. The lowest BCUT2D eigenvalue weighted by atomic mass is 9.74. The van der Waals surface area contributed by atoms with Crippen molar-refractivity contribution in [2.75, 3.05) is 0 Å². The van der Waals surface area contributed by atoms with Crippen molar-refractivity contribution in [2.24, 2.45) is 5.41 Å². The van der Waals surface area contributed by atoms with Crippen LogP contribution >= 0.6 is 22.6 Å². The lowest BCUT2D eigenvalue weighted by Gasteiger charge is -2.44. The molecular weight excluding hydrogens is 627 g/mol. The maximum atomic E-state index is 15.2. The van der Waals surface area contributed by atoms with Gasteiger partial charge in [-0.3, -0.25) is 4.98 Å². The molecule has 0 amide bonds. The van der Waals surface area contributed by atoms with E-state index in [-0.39, 0.29) is 33.2 Å². The first kappa shape index (κ1) is 31.8. The lowest BCUT2D eigenvalue weighted by Crippen LogP contribution is -2.44.